The Hall–Kier alpha value is -1.44. The molecule has 0 radical (unpaired) electrons. The van der Waals surface area contributed by atoms with Gasteiger partial charge >= 0.3 is 5.97 Å². The van der Waals surface area contributed by atoms with E-state index in [0.717, 1.165) is 5.56 Å². The van der Waals surface area contributed by atoms with E-state index in [0.29, 0.717) is 0 Å². The van der Waals surface area contributed by atoms with Crippen LogP contribution in [0.1, 0.15) is 5.56 Å². The number of carboxylic acid groups (broad SMARTS) is 1. The molecular formula is C10H13NO5S. The summed E-state index contributed by atoms with van der Waals surface area (Å²) in [6.45, 7) is 0.998. The number of aliphatic hydroxyl groups excluding tert-OH is 1. The van der Waals surface area contributed by atoms with E-state index in [1.54, 1.807) is 19.1 Å². The third-order valence-electron chi connectivity index (χ3n) is 2.11. The molecule has 0 aliphatic rings. The first kappa shape index (κ1) is 13.6. The Morgan fingerprint density at radius 1 is 1.35 bits per heavy atom. The van der Waals surface area contributed by atoms with Crippen molar-refractivity contribution in [3.8, 4) is 0 Å². The van der Waals surface area contributed by atoms with Gasteiger partial charge in [-0.1, -0.05) is 17.7 Å². The van der Waals surface area contributed by atoms with Gasteiger partial charge in [0.2, 0.25) is 10.0 Å². The summed E-state index contributed by atoms with van der Waals surface area (Å²) in [5.41, 5.74) is 0.890. The van der Waals surface area contributed by atoms with Gasteiger partial charge in [0.25, 0.3) is 0 Å². The van der Waals surface area contributed by atoms with Gasteiger partial charge in [-0.25, -0.2) is 8.42 Å². The van der Waals surface area contributed by atoms with Gasteiger partial charge < -0.3 is 10.2 Å². The summed E-state index contributed by atoms with van der Waals surface area (Å²) in [6.07, 6.45) is 0. The molecule has 0 fully saturated rings. The Morgan fingerprint density at radius 3 is 2.29 bits per heavy atom. The number of sulfonamides is 1. The zero-order valence-electron chi connectivity index (χ0n) is 9.12. The first-order chi connectivity index (χ1) is 7.86. The number of aliphatic carboxylic acids is 1. The summed E-state index contributed by atoms with van der Waals surface area (Å²) in [5.74, 6) is -1.43. The molecule has 0 heterocycles. The molecule has 3 N–H and O–H groups in total. The van der Waals surface area contributed by atoms with Crippen LogP contribution in [-0.2, 0) is 14.8 Å². The van der Waals surface area contributed by atoms with E-state index in [1.807, 2.05) is 4.72 Å². The molecular weight excluding hydrogens is 246 g/mol. The number of aryl methyl sites for hydroxylation is 1. The van der Waals surface area contributed by atoms with E-state index in [1.165, 1.54) is 12.1 Å². The Balaban J connectivity index is 2.96. The second kappa shape index (κ2) is 5.26. The number of benzene rings is 1. The molecule has 1 aromatic rings. The van der Waals surface area contributed by atoms with Crippen molar-refractivity contribution in [2.24, 2.45) is 0 Å². The lowest BCUT2D eigenvalue weighted by Gasteiger charge is -2.12. The minimum atomic E-state index is -3.92. The molecule has 1 rings (SSSR count). The smallest absolute Gasteiger partial charge is 0.324 e. The lowest BCUT2D eigenvalue weighted by atomic mass is 10.2. The van der Waals surface area contributed by atoms with Crippen LogP contribution in [0.25, 0.3) is 0 Å². The van der Waals surface area contributed by atoms with E-state index < -0.39 is 28.6 Å². The first-order valence-electron chi connectivity index (χ1n) is 4.79. The van der Waals surface area contributed by atoms with Gasteiger partial charge in [0.05, 0.1) is 11.5 Å². The monoisotopic (exact) mass is 259 g/mol. The Labute approximate surface area is 99.0 Å². The van der Waals surface area contributed by atoms with Crippen molar-refractivity contribution >= 4 is 16.0 Å². The third kappa shape index (κ3) is 3.52. The van der Waals surface area contributed by atoms with Crippen LogP contribution >= 0.6 is 0 Å². The van der Waals surface area contributed by atoms with Crippen molar-refractivity contribution in [2.75, 3.05) is 6.61 Å². The number of nitrogens with one attached hydrogen (secondary N) is 1. The fourth-order valence-corrected chi connectivity index (χ4v) is 2.32. The van der Waals surface area contributed by atoms with Gasteiger partial charge in [0.15, 0.2) is 0 Å². The summed E-state index contributed by atoms with van der Waals surface area (Å²) >= 11 is 0. The molecule has 0 aromatic heterocycles. The van der Waals surface area contributed by atoms with E-state index in [2.05, 4.69) is 0 Å². The predicted octanol–water partition coefficient (Wildman–Crippen LogP) is -0.281. The second-order valence-electron chi connectivity index (χ2n) is 3.51. The second-order valence-corrected chi connectivity index (χ2v) is 5.22. The molecule has 0 spiro atoms. The SMILES string of the molecule is Cc1ccc(S(=O)(=O)N[C@@H](CO)C(=O)O)cc1. The molecule has 1 atom stereocenters. The highest BCUT2D eigenvalue weighted by Crippen LogP contribution is 2.10. The van der Waals surface area contributed by atoms with Crippen molar-refractivity contribution in [3.05, 3.63) is 29.8 Å². The number of carboxylic acids is 1. The largest absolute Gasteiger partial charge is 0.480 e. The van der Waals surface area contributed by atoms with Crippen LogP contribution in [-0.4, -0.2) is 37.2 Å². The summed E-state index contributed by atoms with van der Waals surface area (Å²) in [4.78, 5) is 10.6. The summed E-state index contributed by atoms with van der Waals surface area (Å²) in [7, 11) is -3.92. The van der Waals surface area contributed by atoms with Crippen LogP contribution in [0.4, 0.5) is 0 Å². The molecule has 0 aliphatic heterocycles. The van der Waals surface area contributed by atoms with Crippen LogP contribution in [0.3, 0.4) is 0 Å². The zero-order valence-corrected chi connectivity index (χ0v) is 9.94. The number of carbonyl (C=O) groups is 1. The molecule has 0 bridgehead atoms. The number of hydrogen-bond donors (Lipinski definition) is 3. The maximum Gasteiger partial charge on any atom is 0.324 e. The molecule has 0 aliphatic carbocycles. The number of aliphatic hydroxyl groups is 1. The lowest BCUT2D eigenvalue weighted by molar-refractivity contribution is -0.139. The molecule has 1 aromatic carbocycles. The average Bonchev–Trinajstić information content (AvgIpc) is 2.26. The highest BCUT2D eigenvalue weighted by molar-refractivity contribution is 7.89. The number of hydrogen-bond acceptors (Lipinski definition) is 4. The van der Waals surface area contributed by atoms with Crippen LogP contribution in [0.5, 0.6) is 0 Å². The van der Waals surface area contributed by atoms with Gasteiger partial charge in [-0.05, 0) is 19.1 Å². The minimum Gasteiger partial charge on any atom is -0.480 e. The first-order valence-corrected chi connectivity index (χ1v) is 6.28. The fraction of sp³-hybridized carbons (Fsp3) is 0.300. The van der Waals surface area contributed by atoms with Crippen LogP contribution in [0.2, 0.25) is 0 Å². The van der Waals surface area contributed by atoms with Crippen LogP contribution in [0, 0.1) is 6.92 Å². The molecule has 0 saturated carbocycles. The highest BCUT2D eigenvalue weighted by atomic mass is 32.2. The van der Waals surface area contributed by atoms with Gasteiger partial charge in [-0.2, -0.15) is 4.72 Å². The van der Waals surface area contributed by atoms with Crippen molar-refractivity contribution in [1.29, 1.82) is 0 Å². The topological polar surface area (TPSA) is 104 Å². The molecule has 0 saturated heterocycles. The molecule has 7 heteroatoms. The number of rotatable bonds is 5. The Bertz CT molecular complexity index is 494. The van der Waals surface area contributed by atoms with Crippen molar-refractivity contribution in [1.82, 2.24) is 4.72 Å². The van der Waals surface area contributed by atoms with Crippen LogP contribution < -0.4 is 4.72 Å². The van der Waals surface area contributed by atoms with Gasteiger partial charge in [0, 0.05) is 0 Å². The van der Waals surface area contributed by atoms with Crippen molar-refractivity contribution < 1.29 is 23.4 Å². The average molecular weight is 259 g/mol. The fourth-order valence-electron chi connectivity index (χ4n) is 1.14. The van der Waals surface area contributed by atoms with E-state index in [4.69, 9.17) is 10.2 Å². The molecule has 6 nitrogen and oxygen atoms in total. The van der Waals surface area contributed by atoms with Crippen molar-refractivity contribution in [3.63, 3.8) is 0 Å². The normalized spacial score (nSPS) is 13.3. The standard InChI is InChI=1S/C10H13NO5S/c1-7-2-4-8(5-3-7)17(15,16)11-9(6-12)10(13)14/h2-5,9,11-12H,6H2,1H3,(H,13,14)/t9-/m0/s1. The van der Waals surface area contributed by atoms with Crippen LogP contribution in [0.15, 0.2) is 29.2 Å². The summed E-state index contributed by atoms with van der Waals surface area (Å²) in [5, 5.41) is 17.4. The molecule has 0 unspecified atom stereocenters. The van der Waals surface area contributed by atoms with Gasteiger partial charge in [0.1, 0.15) is 6.04 Å². The minimum absolute atomic E-state index is 0.0391. The zero-order chi connectivity index (χ0) is 13.1. The lowest BCUT2D eigenvalue weighted by Crippen LogP contribution is -2.43. The quantitative estimate of drug-likeness (QED) is 0.674. The van der Waals surface area contributed by atoms with Gasteiger partial charge in [-0.15, -0.1) is 0 Å². The van der Waals surface area contributed by atoms with E-state index >= 15 is 0 Å². The summed E-state index contributed by atoms with van der Waals surface area (Å²) < 4.78 is 25.4. The maximum atomic E-state index is 11.7. The third-order valence-corrected chi connectivity index (χ3v) is 3.60. The molecule has 17 heavy (non-hydrogen) atoms. The van der Waals surface area contributed by atoms with Gasteiger partial charge in [-0.3, -0.25) is 4.79 Å². The molecule has 0 amide bonds. The Morgan fingerprint density at radius 2 is 1.88 bits per heavy atom. The maximum absolute atomic E-state index is 11.7. The van der Waals surface area contributed by atoms with Crippen molar-refractivity contribution in [2.45, 2.75) is 17.9 Å². The Kier molecular flexibility index (Phi) is 4.22. The predicted molar refractivity (Wildman–Crippen MR) is 60.0 cm³/mol. The van der Waals surface area contributed by atoms with E-state index in [9.17, 15) is 13.2 Å². The molecule has 94 valence electrons. The summed E-state index contributed by atoms with van der Waals surface area (Å²) in [6, 6.07) is 4.40. The highest BCUT2D eigenvalue weighted by Gasteiger charge is 2.24. The van der Waals surface area contributed by atoms with E-state index in [-0.39, 0.29) is 4.90 Å².